The van der Waals surface area contributed by atoms with Crippen molar-refractivity contribution in [3.8, 4) is 11.8 Å². The Bertz CT molecular complexity index is 557. The molecular weight excluding hydrogens is 340 g/mol. The fourth-order valence-electron chi connectivity index (χ4n) is 2.80. The first-order chi connectivity index (χ1) is 10.2. The summed E-state index contributed by atoms with van der Waals surface area (Å²) in [6.07, 6.45) is 3.25. The summed E-state index contributed by atoms with van der Waals surface area (Å²) in [5.41, 5.74) is 0.739. The monoisotopic (exact) mass is 361 g/mol. The van der Waals surface area contributed by atoms with Crippen LogP contribution in [-0.4, -0.2) is 36.2 Å². The molecule has 2 rings (SSSR count). The maximum absolute atomic E-state index is 13.7. The number of nitrogens with zero attached hydrogens (tertiary/aromatic N) is 2. The highest BCUT2D eigenvalue weighted by Gasteiger charge is 2.27. The van der Waals surface area contributed by atoms with Crippen LogP contribution < -0.4 is 5.32 Å². The van der Waals surface area contributed by atoms with E-state index in [9.17, 15) is 14.8 Å². The van der Waals surface area contributed by atoms with E-state index in [2.05, 4.69) is 22.9 Å². The van der Waals surface area contributed by atoms with E-state index in [4.69, 9.17) is 0 Å². The van der Waals surface area contributed by atoms with Gasteiger partial charge in [0.2, 0.25) is 0 Å². The Morgan fingerprint density at radius 3 is 2.61 bits per heavy atom. The van der Waals surface area contributed by atoms with Gasteiger partial charge in [0, 0.05) is 37.8 Å². The zero-order valence-corrected chi connectivity index (χ0v) is 14.4. The van der Waals surface area contributed by atoms with Crippen LogP contribution in [-0.2, 0) is 0 Å². The molecule has 1 aromatic carbocycles. The van der Waals surface area contributed by atoms with Gasteiger partial charge in [0.1, 0.15) is 0 Å². The number of benzene rings is 1. The Balaban J connectivity index is 0.00000242. The molecule has 0 aromatic heterocycles. The van der Waals surface area contributed by atoms with E-state index < -0.39 is 11.6 Å². The third-order valence-corrected chi connectivity index (χ3v) is 3.86. The fourth-order valence-corrected chi connectivity index (χ4v) is 2.80. The van der Waals surface area contributed by atoms with Crippen molar-refractivity contribution in [3.05, 3.63) is 41.7 Å². The topological polar surface area (TPSA) is 59.3 Å². The molecule has 1 atom stereocenters. The summed E-state index contributed by atoms with van der Waals surface area (Å²) in [6.45, 7) is 7.04. The van der Waals surface area contributed by atoms with Crippen molar-refractivity contribution >= 4 is 24.8 Å². The minimum absolute atomic E-state index is 0. The van der Waals surface area contributed by atoms with E-state index in [0.717, 1.165) is 38.7 Å². The highest BCUT2D eigenvalue weighted by atomic mass is 35.5. The van der Waals surface area contributed by atoms with Crippen LogP contribution in [0, 0.1) is 17.1 Å². The van der Waals surface area contributed by atoms with Gasteiger partial charge in [-0.2, -0.15) is 5.26 Å². The Labute approximate surface area is 148 Å². The lowest BCUT2D eigenvalue weighted by atomic mass is 9.94. The van der Waals surface area contributed by atoms with Crippen molar-refractivity contribution in [2.45, 2.75) is 18.9 Å². The number of piperazine rings is 1. The first-order valence-electron chi connectivity index (χ1n) is 7.16. The number of phenolic OH excluding ortho intramolecular Hbond substituents is 1. The third-order valence-electron chi connectivity index (χ3n) is 3.86. The first kappa shape index (κ1) is 21.7. The molecule has 0 radical (unpaired) electrons. The Hall–Kier alpha value is -1.32. The number of hydrogen-bond donors (Lipinski definition) is 2. The van der Waals surface area contributed by atoms with Crippen molar-refractivity contribution in [2.24, 2.45) is 0 Å². The minimum atomic E-state index is -0.678. The van der Waals surface area contributed by atoms with Crippen molar-refractivity contribution in [1.82, 2.24) is 10.2 Å². The molecule has 4 nitrogen and oxygen atoms in total. The Morgan fingerprint density at radius 1 is 1.39 bits per heavy atom. The summed E-state index contributed by atoms with van der Waals surface area (Å²) in [6, 6.07) is 4.47. The molecule has 1 aromatic rings. The Kier molecular flexibility index (Phi) is 9.85. The number of hydrogen-bond acceptors (Lipinski definition) is 4. The first-order valence-corrected chi connectivity index (χ1v) is 7.16. The zero-order valence-electron chi connectivity index (χ0n) is 12.8. The quantitative estimate of drug-likeness (QED) is 0.790. The van der Waals surface area contributed by atoms with Gasteiger partial charge in [0.05, 0.1) is 11.6 Å². The molecule has 1 aliphatic heterocycles. The van der Waals surface area contributed by atoms with E-state index in [-0.39, 0.29) is 30.9 Å². The van der Waals surface area contributed by atoms with Crippen molar-refractivity contribution in [3.63, 3.8) is 0 Å². The van der Waals surface area contributed by atoms with Crippen LogP contribution in [0.25, 0.3) is 0 Å². The van der Waals surface area contributed by atoms with Crippen molar-refractivity contribution in [2.75, 3.05) is 26.2 Å². The number of halogens is 3. The summed E-state index contributed by atoms with van der Waals surface area (Å²) < 4.78 is 13.7. The van der Waals surface area contributed by atoms with Crippen LogP contribution in [0.1, 0.15) is 30.0 Å². The average Bonchev–Trinajstić information content (AvgIpc) is 2.52. The van der Waals surface area contributed by atoms with Crippen LogP contribution in [0.5, 0.6) is 5.75 Å². The summed E-state index contributed by atoms with van der Waals surface area (Å²) in [7, 11) is 0. The van der Waals surface area contributed by atoms with Gasteiger partial charge in [0.15, 0.2) is 11.6 Å². The molecule has 1 fully saturated rings. The molecule has 0 bridgehead atoms. The molecular formula is C16H22Cl2FN3O. The van der Waals surface area contributed by atoms with Crippen LogP contribution in [0.4, 0.5) is 4.39 Å². The molecule has 23 heavy (non-hydrogen) atoms. The zero-order chi connectivity index (χ0) is 15.2. The molecule has 0 amide bonds. The van der Waals surface area contributed by atoms with E-state index in [1.807, 2.05) is 0 Å². The Morgan fingerprint density at radius 2 is 2.04 bits per heavy atom. The number of nitrogens with one attached hydrogen (secondary N) is 1. The van der Waals surface area contributed by atoms with Gasteiger partial charge in [-0.3, -0.25) is 4.90 Å². The molecule has 0 unspecified atom stereocenters. The maximum Gasteiger partial charge on any atom is 0.165 e. The highest BCUT2D eigenvalue weighted by molar-refractivity contribution is 5.85. The summed E-state index contributed by atoms with van der Waals surface area (Å²) in [5.74, 6) is -1.08. The van der Waals surface area contributed by atoms with Crippen LogP contribution >= 0.6 is 24.8 Å². The van der Waals surface area contributed by atoms with Crippen LogP contribution in [0.2, 0.25) is 0 Å². The third kappa shape index (κ3) is 5.08. The SMILES string of the molecule is C=CCC[C@@H](c1c(C#N)ccc(F)c1O)N1CCNCC1.Cl.Cl. The molecule has 2 N–H and O–H groups in total. The largest absolute Gasteiger partial charge is 0.505 e. The molecule has 1 saturated heterocycles. The van der Waals surface area contributed by atoms with Gasteiger partial charge in [-0.25, -0.2) is 4.39 Å². The van der Waals surface area contributed by atoms with Crippen LogP contribution in [0.15, 0.2) is 24.8 Å². The number of aromatic hydroxyl groups is 1. The second-order valence-electron chi connectivity index (χ2n) is 5.14. The van der Waals surface area contributed by atoms with E-state index in [1.165, 1.54) is 6.07 Å². The lowest BCUT2D eigenvalue weighted by Gasteiger charge is -2.35. The minimum Gasteiger partial charge on any atom is -0.505 e. The summed E-state index contributed by atoms with van der Waals surface area (Å²) >= 11 is 0. The van der Waals surface area contributed by atoms with Gasteiger partial charge in [-0.1, -0.05) is 6.08 Å². The standard InChI is InChI=1S/C16H20FN3O.2ClH/c1-2-3-4-14(20-9-7-19-8-10-20)15-12(11-18)5-6-13(17)16(15)21;;/h2,5-6,14,19,21H,1,3-4,7-10H2;2*1H/t14-;;/m0../s1. The molecule has 1 aliphatic rings. The van der Waals surface area contributed by atoms with E-state index in [0.29, 0.717) is 17.5 Å². The normalized spacial score (nSPS) is 15.7. The van der Waals surface area contributed by atoms with E-state index >= 15 is 0 Å². The molecule has 7 heteroatoms. The fraction of sp³-hybridized carbons (Fsp3) is 0.438. The number of nitriles is 1. The van der Waals surface area contributed by atoms with Crippen molar-refractivity contribution < 1.29 is 9.50 Å². The highest BCUT2D eigenvalue weighted by Crippen LogP contribution is 2.36. The summed E-state index contributed by atoms with van der Waals surface area (Å²) in [4.78, 5) is 2.19. The predicted octanol–water partition coefficient (Wildman–Crippen LogP) is 3.16. The van der Waals surface area contributed by atoms with Gasteiger partial charge in [-0.05, 0) is 25.0 Å². The number of phenols is 1. The van der Waals surface area contributed by atoms with Crippen molar-refractivity contribution in [1.29, 1.82) is 5.26 Å². The second-order valence-corrected chi connectivity index (χ2v) is 5.14. The molecule has 0 spiro atoms. The van der Waals surface area contributed by atoms with E-state index in [1.54, 1.807) is 6.08 Å². The molecule has 0 aliphatic carbocycles. The smallest absolute Gasteiger partial charge is 0.165 e. The van der Waals surface area contributed by atoms with Crippen LogP contribution in [0.3, 0.4) is 0 Å². The lowest BCUT2D eigenvalue weighted by molar-refractivity contribution is 0.163. The van der Waals surface area contributed by atoms with Gasteiger partial charge in [0.25, 0.3) is 0 Å². The van der Waals surface area contributed by atoms with Gasteiger partial charge >= 0.3 is 0 Å². The number of allylic oxidation sites excluding steroid dienone is 1. The second kappa shape index (κ2) is 10.5. The molecule has 128 valence electrons. The lowest BCUT2D eigenvalue weighted by Crippen LogP contribution is -2.45. The predicted molar refractivity (Wildman–Crippen MR) is 93.9 cm³/mol. The number of rotatable bonds is 5. The average molecular weight is 362 g/mol. The molecule has 1 heterocycles. The summed E-state index contributed by atoms with van der Waals surface area (Å²) in [5, 5.41) is 22.7. The van der Waals surface area contributed by atoms with Gasteiger partial charge in [-0.15, -0.1) is 31.4 Å². The molecule has 0 saturated carbocycles. The maximum atomic E-state index is 13.7. The van der Waals surface area contributed by atoms with Gasteiger partial charge < -0.3 is 10.4 Å².